The number of phenolic OH excluding ortho intramolecular Hbond substituents is 1. The van der Waals surface area contributed by atoms with Gasteiger partial charge in [-0.2, -0.15) is 0 Å². The lowest BCUT2D eigenvalue weighted by atomic mass is 9.69. The fourth-order valence-electron chi connectivity index (χ4n) is 6.10. The fraction of sp³-hybridized carbons (Fsp3) is 0.481. The molecule has 1 N–H and O–H groups in total. The molecule has 206 valence electrons. The molecule has 6 rings (SSSR count). The van der Waals surface area contributed by atoms with Crippen LogP contribution in [0.15, 0.2) is 41.7 Å². The maximum absolute atomic E-state index is 15.6. The summed E-state index contributed by atoms with van der Waals surface area (Å²) in [5, 5.41) is 20.0. The van der Waals surface area contributed by atoms with Crippen molar-refractivity contribution in [2.24, 2.45) is 11.8 Å². The van der Waals surface area contributed by atoms with Gasteiger partial charge < -0.3 is 10.0 Å². The summed E-state index contributed by atoms with van der Waals surface area (Å²) in [5.74, 6) is 0.900. The smallest absolute Gasteiger partial charge is 0.185 e. The van der Waals surface area contributed by atoms with E-state index < -0.39 is 14.7 Å². The number of anilines is 1. The first-order chi connectivity index (χ1) is 18.7. The van der Waals surface area contributed by atoms with Crippen LogP contribution < -0.4 is 4.90 Å². The average molecular weight is 606 g/mol. The molecule has 2 aromatic heterocycles. The molecule has 3 fully saturated rings. The van der Waals surface area contributed by atoms with E-state index in [0.717, 1.165) is 56.5 Å². The summed E-state index contributed by atoms with van der Waals surface area (Å²) in [4.78, 5) is 10.7. The van der Waals surface area contributed by atoms with Gasteiger partial charge in [0.1, 0.15) is 17.7 Å². The van der Waals surface area contributed by atoms with E-state index >= 15 is 4.39 Å². The van der Waals surface area contributed by atoms with Crippen LogP contribution in [-0.2, 0) is 0 Å². The number of thiol groups is 3. The highest BCUT2D eigenvalue weighted by molar-refractivity contribution is 8.36. The Kier molecular flexibility index (Phi) is 7.67. The van der Waals surface area contributed by atoms with Crippen LogP contribution in [0.3, 0.4) is 0 Å². The third kappa shape index (κ3) is 5.99. The monoisotopic (exact) mass is 605 g/mol. The van der Waals surface area contributed by atoms with E-state index in [4.69, 9.17) is 0 Å². The van der Waals surface area contributed by atoms with Gasteiger partial charge in [-0.15, -0.1) is 48.1 Å². The van der Waals surface area contributed by atoms with Crippen LogP contribution >= 0.6 is 49.6 Å². The first-order valence-electron chi connectivity index (χ1n) is 13.1. The summed E-state index contributed by atoms with van der Waals surface area (Å²) in [6, 6.07) is 6.42. The molecule has 0 unspecified atom stereocenters. The Bertz CT molecular complexity index is 1350. The number of nitrogens with zero attached hydrogens (tertiary/aromatic N) is 5. The average Bonchev–Trinajstić information content (AvgIpc) is 3.73. The van der Waals surface area contributed by atoms with Crippen molar-refractivity contribution in [1.29, 1.82) is 0 Å². The van der Waals surface area contributed by atoms with E-state index in [0.29, 0.717) is 27.9 Å². The number of fused-ring (bicyclic) bond motifs is 2. The van der Waals surface area contributed by atoms with Crippen molar-refractivity contribution in [2.45, 2.75) is 71.0 Å². The first kappa shape index (κ1) is 27.4. The largest absolute Gasteiger partial charge is 0.507 e. The van der Waals surface area contributed by atoms with E-state index in [1.54, 1.807) is 24.4 Å². The van der Waals surface area contributed by atoms with E-state index in [2.05, 4.69) is 63.0 Å². The van der Waals surface area contributed by atoms with Crippen LogP contribution in [0.2, 0.25) is 0 Å². The number of rotatable bonds is 7. The summed E-state index contributed by atoms with van der Waals surface area (Å²) in [6.07, 6.45) is 9.05. The predicted molar refractivity (Wildman–Crippen MR) is 160 cm³/mol. The molecule has 39 heavy (non-hydrogen) atoms. The number of pyridine rings is 1. The van der Waals surface area contributed by atoms with E-state index in [9.17, 15) is 9.50 Å². The Balaban J connectivity index is 1.24. The van der Waals surface area contributed by atoms with Crippen molar-refractivity contribution in [3.05, 3.63) is 42.5 Å². The van der Waals surface area contributed by atoms with E-state index in [1.807, 2.05) is 0 Å². The number of hydrogen-bond donors (Lipinski definition) is 4. The number of benzene rings is 1. The summed E-state index contributed by atoms with van der Waals surface area (Å²) in [5.41, 5.74) is 1.10. The lowest BCUT2D eigenvalue weighted by Gasteiger charge is -2.46. The Labute approximate surface area is 247 Å². The molecule has 3 aliphatic carbocycles. The van der Waals surface area contributed by atoms with Gasteiger partial charge in [0, 0.05) is 11.6 Å². The van der Waals surface area contributed by atoms with Crippen molar-refractivity contribution >= 4 is 55.5 Å². The molecular formula is C27H29F2N5OS4. The molecule has 2 bridgehead atoms. The minimum absolute atomic E-state index is 0.109. The van der Waals surface area contributed by atoms with Gasteiger partial charge in [0.25, 0.3) is 0 Å². The zero-order valence-electron chi connectivity index (χ0n) is 21.0. The Hall–Kier alpha value is -1.76. The highest BCUT2D eigenvalue weighted by atomic mass is 32.3. The first-order valence-corrected chi connectivity index (χ1v) is 15.3. The van der Waals surface area contributed by atoms with Crippen LogP contribution in [0.5, 0.6) is 5.75 Å². The van der Waals surface area contributed by atoms with Gasteiger partial charge in [0.2, 0.25) is 0 Å². The SMILES string of the molecule is Oc1cc(-c2cc(SC(S)(S)S)ncc2F)ccc1-c1ncc(N(C2CC2)[C@@H]2C[C@H]3CCC[C@H](C3)[C@@H]2F)nn1. The summed E-state index contributed by atoms with van der Waals surface area (Å²) in [7, 11) is 0. The molecule has 12 heteroatoms. The zero-order chi connectivity index (χ0) is 27.3. The lowest BCUT2D eigenvalue weighted by molar-refractivity contribution is 0.0631. The quantitative estimate of drug-likeness (QED) is 0.134. The molecule has 1 aromatic carbocycles. The number of halogens is 2. The Morgan fingerprint density at radius 2 is 1.79 bits per heavy atom. The molecule has 0 radical (unpaired) electrons. The van der Waals surface area contributed by atoms with Gasteiger partial charge in [0.05, 0.1) is 29.0 Å². The topological polar surface area (TPSA) is 75.0 Å². The fourth-order valence-corrected chi connectivity index (χ4v) is 7.51. The second kappa shape index (κ2) is 10.9. The maximum Gasteiger partial charge on any atom is 0.185 e. The second-order valence-corrected chi connectivity index (χ2v) is 15.9. The number of aromatic hydroxyl groups is 1. The van der Waals surface area contributed by atoms with Crippen LogP contribution in [0.1, 0.15) is 44.9 Å². The van der Waals surface area contributed by atoms with Crippen molar-refractivity contribution in [1.82, 2.24) is 20.2 Å². The van der Waals surface area contributed by atoms with Gasteiger partial charge in [0.15, 0.2) is 14.4 Å². The Morgan fingerprint density at radius 3 is 2.49 bits per heavy atom. The number of alkyl halides is 1. The number of aromatic nitrogens is 4. The molecule has 3 aliphatic rings. The van der Waals surface area contributed by atoms with Crippen LogP contribution in [-0.4, -0.2) is 46.3 Å². The molecule has 0 amide bonds. The summed E-state index contributed by atoms with van der Waals surface area (Å²) < 4.78 is 29.2. The normalized spacial score (nSPS) is 24.9. The van der Waals surface area contributed by atoms with Crippen LogP contribution in [0.25, 0.3) is 22.5 Å². The molecule has 2 heterocycles. The van der Waals surface area contributed by atoms with Crippen LogP contribution in [0.4, 0.5) is 14.6 Å². The molecular weight excluding hydrogens is 577 g/mol. The molecule has 3 saturated carbocycles. The molecule has 4 atom stereocenters. The van der Waals surface area contributed by atoms with Crippen LogP contribution in [0, 0.1) is 17.7 Å². The molecule has 3 aromatic rings. The van der Waals surface area contributed by atoms with Gasteiger partial charge in [-0.25, -0.2) is 18.7 Å². The lowest BCUT2D eigenvalue weighted by Crippen LogP contribution is -2.52. The van der Waals surface area contributed by atoms with Crippen molar-refractivity contribution in [3.8, 4) is 28.3 Å². The molecule has 0 aliphatic heterocycles. The minimum atomic E-state index is -0.985. The van der Waals surface area contributed by atoms with Crippen molar-refractivity contribution in [2.75, 3.05) is 4.90 Å². The highest BCUT2D eigenvalue weighted by Gasteiger charge is 2.46. The number of hydrogen-bond acceptors (Lipinski definition) is 10. The predicted octanol–water partition coefficient (Wildman–Crippen LogP) is 6.82. The second-order valence-electron chi connectivity index (χ2n) is 10.7. The summed E-state index contributed by atoms with van der Waals surface area (Å²) >= 11 is 13.9. The molecule has 6 nitrogen and oxygen atoms in total. The van der Waals surface area contributed by atoms with Crippen molar-refractivity contribution < 1.29 is 13.9 Å². The standard InChI is InChI=1S/C27H29F2N5OS4/c28-20-12-30-24(39-27(36,37)38)11-19(20)15-4-7-18(22(35)10-15)26-31-13-23(32-33-26)34(17-5-6-17)21-9-14-2-1-3-16(8-14)25(21)29/h4,7,10-14,16-17,21,25,35-38H,1-3,5-6,8-9H2/t14-,16+,21+,25-/m0/s1. The van der Waals surface area contributed by atoms with Gasteiger partial charge in [-0.05, 0) is 67.7 Å². The van der Waals surface area contributed by atoms with Gasteiger partial charge in [-0.1, -0.05) is 30.7 Å². The summed E-state index contributed by atoms with van der Waals surface area (Å²) in [6.45, 7) is 0. The molecule has 0 saturated heterocycles. The third-order valence-electron chi connectivity index (χ3n) is 7.95. The number of phenols is 1. The number of thioether (sulfide) groups is 1. The van der Waals surface area contributed by atoms with E-state index in [1.165, 1.54) is 12.5 Å². The maximum atomic E-state index is 15.6. The van der Waals surface area contributed by atoms with E-state index in [-0.39, 0.29) is 35.1 Å². The third-order valence-corrected chi connectivity index (χ3v) is 9.48. The molecule has 0 spiro atoms. The Morgan fingerprint density at radius 1 is 0.974 bits per heavy atom. The highest BCUT2D eigenvalue weighted by Crippen LogP contribution is 2.46. The zero-order valence-corrected chi connectivity index (χ0v) is 24.5. The van der Waals surface area contributed by atoms with Gasteiger partial charge in [-0.3, -0.25) is 0 Å². The van der Waals surface area contributed by atoms with Crippen molar-refractivity contribution in [3.63, 3.8) is 0 Å². The van der Waals surface area contributed by atoms with Gasteiger partial charge >= 0.3 is 0 Å². The minimum Gasteiger partial charge on any atom is -0.507 e.